The number of benzene rings is 3. The summed E-state index contributed by atoms with van der Waals surface area (Å²) in [7, 11) is 0. The highest BCUT2D eigenvalue weighted by atomic mass is 16.2. The molecule has 1 aromatic heterocycles. The molecule has 0 aliphatic carbocycles. The van der Waals surface area contributed by atoms with Gasteiger partial charge in [0.05, 0.1) is 5.52 Å². The van der Waals surface area contributed by atoms with E-state index in [-0.39, 0.29) is 5.91 Å². The monoisotopic (exact) mass is 367 g/mol. The number of carbonyl (C=O) groups excluding carboxylic acids is 1. The first-order chi connectivity index (χ1) is 13.8. The van der Waals surface area contributed by atoms with Gasteiger partial charge in [-0.2, -0.15) is 5.10 Å². The maximum atomic E-state index is 12.4. The molecule has 0 atom stereocenters. The zero-order chi connectivity index (χ0) is 19.3. The molecule has 0 radical (unpaired) electrons. The number of aryl methyl sites for hydroxylation is 1. The third-order valence-electron chi connectivity index (χ3n) is 4.74. The number of pyridine rings is 1. The summed E-state index contributed by atoms with van der Waals surface area (Å²) in [5.74, 6) is -0.224. The van der Waals surface area contributed by atoms with E-state index in [2.05, 4.69) is 46.3 Å². The minimum absolute atomic E-state index is 0.224. The second-order valence-electron chi connectivity index (χ2n) is 6.46. The quantitative estimate of drug-likeness (QED) is 0.528. The van der Waals surface area contributed by atoms with Crippen molar-refractivity contribution in [1.29, 1.82) is 0 Å². The van der Waals surface area contributed by atoms with Crippen molar-refractivity contribution in [3.05, 3.63) is 102 Å². The number of nitrogens with zero attached hydrogens (tertiary/aromatic N) is 2. The van der Waals surface area contributed by atoms with Crippen LogP contribution in [-0.4, -0.2) is 10.5 Å². The van der Waals surface area contributed by atoms with Crippen LogP contribution in [0.5, 0.6) is 0 Å². The Bertz CT molecular complexity index is 1180. The lowest BCUT2D eigenvalue weighted by Gasteiger charge is -2.14. The van der Waals surface area contributed by atoms with Crippen molar-refractivity contribution < 1.29 is 4.79 Å². The minimum atomic E-state index is -0.224. The number of rotatable bonds is 4. The molecule has 4 rings (SSSR count). The van der Waals surface area contributed by atoms with Crippen LogP contribution in [0.25, 0.3) is 22.0 Å². The predicted molar refractivity (Wildman–Crippen MR) is 113 cm³/mol. The molecule has 4 aromatic rings. The number of aromatic nitrogens is 1. The summed E-state index contributed by atoms with van der Waals surface area (Å²) in [5.41, 5.74) is 7.28. The van der Waals surface area contributed by atoms with Gasteiger partial charge in [-0.25, -0.2) is 5.43 Å². The average molecular weight is 367 g/mol. The summed E-state index contributed by atoms with van der Waals surface area (Å²) in [5, 5.41) is 5.61. The molecular formula is C24H21N3O. The van der Waals surface area contributed by atoms with Crippen LogP contribution in [0.4, 0.5) is 0 Å². The third kappa shape index (κ3) is 3.45. The first-order valence-electron chi connectivity index (χ1n) is 9.35. The lowest BCUT2D eigenvalue weighted by Crippen LogP contribution is -2.27. The number of carbonyl (C=O) groups is 1. The molecule has 4 heteroatoms. The van der Waals surface area contributed by atoms with Crippen molar-refractivity contribution in [1.82, 2.24) is 9.99 Å². The second-order valence-corrected chi connectivity index (χ2v) is 6.46. The van der Waals surface area contributed by atoms with Crippen LogP contribution >= 0.6 is 0 Å². The van der Waals surface area contributed by atoms with E-state index in [9.17, 15) is 4.79 Å². The van der Waals surface area contributed by atoms with Crippen molar-refractivity contribution in [2.75, 3.05) is 0 Å². The van der Waals surface area contributed by atoms with E-state index in [1.54, 1.807) is 12.1 Å². The number of nitrogens with one attached hydrogen (secondary N) is 1. The molecular weight excluding hydrogens is 346 g/mol. The molecule has 0 aliphatic heterocycles. The van der Waals surface area contributed by atoms with E-state index >= 15 is 0 Å². The van der Waals surface area contributed by atoms with Gasteiger partial charge in [0.1, 0.15) is 0 Å². The Kier molecular flexibility index (Phi) is 5.02. The van der Waals surface area contributed by atoms with Crippen LogP contribution in [0.2, 0.25) is 0 Å². The van der Waals surface area contributed by atoms with Gasteiger partial charge in [0.25, 0.3) is 5.91 Å². The van der Waals surface area contributed by atoms with Gasteiger partial charge in [0.2, 0.25) is 0 Å². The molecule has 0 bridgehead atoms. The van der Waals surface area contributed by atoms with Crippen molar-refractivity contribution in [2.45, 2.75) is 13.5 Å². The first kappa shape index (κ1) is 17.7. The van der Waals surface area contributed by atoms with E-state index in [0.29, 0.717) is 11.1 Å². The molecule has 138 valence electrons. The molecule has 0 saturated carbocycles. The SMILES string of the molecule is CCn1c(=NNC(=O)c2ccccc2)cc(-c2ccccc2)c2ccccc21. The van der Waals surface area contributed by atoms with E-state index < -0.39 is 0 Å². The summed E-state index contributed by atoms with van der Waals surface area (Å²) in [6.45, 7) is 2.82. The molecule has 0 fully saturated rings. The van der Waals surface area contributed by atoms with Crippen LogP contribution in [0.15, 0.2) is 96.1 Å². The first-order valence-corrected chi connectivity index (χ1v) is 9.35. The Labute approximate surface area is 163 Å². The summed E-state index contributed by atoms with van der Waals surface area (Å²) in [6.07, 6.45) is 0. The predicted octanol–water partition coefficient (Wildman–Crippen LogP) is 4.57. The Morgan fingerprint density at radius 1 is 0.893 bits per heavy atom. The zero-order valence-electron chi connectivity index (χ0n) is 15.7. The van der Waals surface area contributed by atoms with E-state index in [1.807, 2.05) is 54.6 Å². The average Bonchev–Trinajstić information content (AvgIpc) is 2.77. The molecule has 1 N–H and O–H groups in total. The molecule has 0 unspecified atom stereocenters. The van der Waals surface area contributed by atoms with E-state index in [1.165, 1.54) is 0 Å². The number of fused-ring (bicyclic) bond motifs is 1. The summed E-state index contributed by atoms with van der Waals surface area (Å²) >= 11 is 0. The lowest BCUT2D eigenvalue weighted by atomic mass is 10.0. The highest BCUT2D eigenvalue weighted by Gasteiger charge is 2.09. The Hall–Kier alpha value is -3.66. The van der Waals surface area contributed by atoms with Gasteiger partial charge in [-0.3, -0.25) is 4.79 Å². The van der Waals surface area contributed by atoms with Gasteiger partial charge >= 0.3 is 0 Å². The smallest absolute Gasteiger partial charge is 0.271 e. The molecule has 1 heterocycles. The maximum Gasteiger partial charge on any atom is 0.271 e. The molecule has 0 saturated heterocycles. The Morgan fingerprint density at radius 3 is 2.25 bits per heavy atom. The molecule has 3 aromatic carbocycles. The van der Waals surface area contributed by atoms with Crippen molar-refractivity contribution in [3.8, 4) is 11.1 Å². The van der Waals surface area contributed by atoms with Gasteiger partial charge in [0, 0.05) is 17.5 Å². The molecule has 28 heavy (non-hydrogen) atoms. The molecule has 1 amide bonds. The minimum Gasteiger partial charge on any atom is -0.325 e. The van der Waals surface area contributed by atoms with E-state index in [0.717, 1.165) is 28.6 Å². The number of hydrogen-bond donors (Lipinski definition) is 1. The maximum absolute atomic E-state index is 12.4. The standard InChI is InChI=1S/C24H21N3O/c1-2-27-22-16-10-9-15-20(22)21(18-11-5-3-6-12-18)17-23(27)25-26-24(28)19-13-7-4-8-14-19/h3-17H,2H2,1H3,(H,26,28). The highest BCUT2D eigenvalue weighted by Crippen LogP contribution is 2.26. The normalized spacial score (nSPS) is 11.5. The Morgan fingerprint density at radius 2 is 1.54 bits per heavy atom. The number of amides is 1. The van der Waals surface area contributed by atoms with Crippen molar-refractivity contribution >= 4 is 16.8 Å². The van der Waals surface area contributed by atoms with Gasteiger partial charge in [-0.15, -0.1) is 0 Å². The Balaban J connectivity index is 1.87. The van der Waals surface area contributed by atoms with Crippen molar-refractivity contribution in [3.63, 3.8) is 0 Å². The van der Waals surface area contributed by atoms with Crippen LogP contribution in [-0.2, 0) is 6.54 Å². The van der Waals surface area contributed by atoms with Crippen LogP contribution in [0.1, 0.15) is 17.3 Å². The second kappa shape index (κ2) is 7.92. The van der Waals surface area contributed by atoms with Gasteiger partial charge in [-0.1, -0.05) is 66.7 Å². The zero-order valence-corrected chi connectivity index (χ0v) is 15.7. The lowest BCUT2D eigenvalue weighted by molar-refractivity contribution is 0.0952. The molecule has 4 nitrogen and oxygen atoms in total. The van der Waals surface area contributed by atoms with Crippen LogP contribution in [0, 0.1) is 0 Å². The molecule has 0 aliphatic rings. The van der Waals surface area contributed by atoms with Crippen molar-refractivity contribution in [2.24, 2.45) is 5.10 Å². The topological polar surface area (TPSA) is 46.4 Å². The molecule has 0 spiro atoms. The summed E-state index contributed by atoms with van der Waals surface area (Å²) in [6, 6.07) is 29.6. The fourth-order valence-electron chi connectivity index (χ4n) is 3.39. The van der Waals surface area contributed by atoms with Crippen LogP contribution in [0.3, 0.4) is 0 Å². The third-order valence-corrected chi connectivity index (χ3v) is 4.74. The van der Waals surface area contributed by atoms with Crippen LogP contribution < -0.4 is 10.9 Å². The van der Waals surface area contributed by atoms with Gasteiger partial charge < -0.3 is 4.57 Å². The fraction of sp³-hybridized carbons (Fsp3) is 0.0833. The largest absolute Gasteiger partial charge is 0.325 e. The van der Waals surface area contributed by atoms with Gasteiger partial charge in [-0.05, 0) is 42.3 Å². The highest BCUT2D eigenvalue weighted by molar-refractivity contribution is 5.95. The summed E-state index contributed by atoms with van der Waals surface area (Å²) < 4.78 is 2.10. The summed E-state index contributed by atoms with van der Waals surface area (Å²) in [4.78, 5) is 12.4. The number of hydrogen-bond acceptors (Lipinski definition) is 2. The fourth-order valence-corrected chi connectivity index (χ4v) is 3.39. The van der Waals surface area contributed by atoms with E-state index in [4.69, 9.17) is 0 Å². The number of para-hydroxylation sites is 1. The van der Waals surface area contributed by atoms with Gasteiger partial charge in [0.15, 0.2) is 5.49 Å².